The van der Waals surface area contributed by atoms with E-state index in [1.165, 1.54) is 0 Å². The number of fused-ring (bicyclic) bond motifs is 3. The predicted molar refractivity (Wildman–Crippen MR) is 100 cm³/mol. The zero-order chi connectivity index (χ0) is 19.5. The predicted octanol–water partition coefficient (Wildman–Crippen LogP) is 1.91. The molecule has 9 nitrogen and oxygen atoms in total. The fourth-order valence-corrected chi connectivity index (χ4v) is 4.15. The molecule has 6 rings (SSSR count). The average Bonchev–Trinajstić information content (AvgIpc) is 3.47. The number of benzene rings is 1. The van der Waals surface area contributed by atoms with E-state index < -0.39 is 6.10 Å². The first-order chi connectivity index (χ1) is 14.2. The summed E-state index contributed by atoms with van der Waals surface area (Å²) in [6, 6.07) is 7.59. The molecule has 5 heterocycles. The van der Waals surface area contributed by atoms with Crippen molar-refractivity contribution in [1.29, 1.82) is 0 Å². The fraction of sp³-hybridized carbons (Fsp3) is 0.368. The molecule has 2 aromatic heterocycles. The minimum atomic E-state index is -0.631. The van der Waals surface area contributed by atoms with Crippen molar-refractivity contribution in [1.82, 2.24) is 15.0 Å². The summed E-state index contributed by atoms with van der Waals surface area (Å²) in [5.74, 6) is 1.35. The maximum Gasteiger partial charge on any atom is 0.296 e. The summed E-state index contributed by atoms with van der Waals surface area (Å²) < 4.78 is 27.9. The molecule has 0 bridgehead atoms. The summed E-state index contributed by atoms with van der Waals surface area (Å²) in [6.07, 6.45) is -1.68. The lowest BCUT2D eigenvalue weighted by Gasteiger charge is -2.15. The number of aliphatic hydroxyl groups excluding tert-OH is 1. The van der Waals surface area contributed by atoms with Crippen molar-refractivity contribution in [3.05, 3.63) is 29.3 Å². The average molecular weight is 418 g/mol. The number of nitrogens with one attached hydrogen (secondary N) is 1. The Hall–Kier alpha value is -2.59. The topological polar surface area (TPSA) is 108 Å². The number of aliphatic hydroxyl groups is 1. The van der Waals surface area contributed by atoms with Crippen LogP contribution >= 0.6 is 11.6 Å². The lowest BCUT2D eigenvalue weighted by molar-refractivity contribution is 0.00706. The number of rotatable bonds is 3. The van der Waals surface area contributed by atoms with Crippen LogP contribution in [0.2, 0.25) is 5.02 Å². The van der Waals surface area contributed by atoms with Gasteiger partial charge in [0.15, 0.2) is 23.3 Å². The van der Waals surface area contributed by atoms with Gasteiger partial charge in [-0.15, -0.1) is 0 Å². The normalized spacial score (nSPS) is 27.5. The number of H-pyrrole nitrogens is 1. The van der Waals surface area contributed by atoms with E-state index in [0.29, 0.717) is 46.0 Å². The van der Waals surface area contributed by atoms with Crippen molar-refractivity contribution in [2.45, 2.75) is 24.4 Å². The lowest BCUT2D eigenvalue weighted by Crippen LogP contribution is -2.34. The number of hydrogen-bond donors (Lipinski definition) is 2. The largest absolute Gasteiger partial charge is 0.456 e. The van der Waals surface area contributed by atoms with E-state index in [4.69, 9.17) is 35.3 Å². The molecule has 2 N–H and O–H groups in total. The summed E-state index contributed by atoms with van der Waals surface area (Å²) in [5, 5.41) is 10.3. The summed E-state index contributed by atoms with van der Waals surface area (Å²) in [6.45, 7) is 0.762. The number of imidazole rings is 1. The Morgan fingerprint density at radius 1 is 1.07 bits per heavy atom. The van der Waals surface area contributed by atoms with Gasteiger partial charge in [-0.05, 0) is 24.3 Å². The van der Waals surface area contributed by atoms with Crippen LogP contribution in [0.1, 0.15) is 0 Å². The monoisotopic (exact) mass is 417 g/mol. The quantitative estimate of drug-likeness (QED) is 0.665. The van der Waals surface area contributed by atoms with Crippen molar-refractivity contribution >= 4 is 22.8 Å². The first-order valence-corrected chi connectivity index (χ1v) is 9.58. The third-order valence-corrected chi connectivity index (χ3v) is 5.58. The van der Waals surface area contributed by atoms with Crippen molar-refractivity contribution < 1.29 is 28.8 Å². The Morgan fingerprint density at radius 2 is 1.93 bits per heavy atom. The molecule has 3 aliphatic heterocycles. The molecule has 4 atom stereocenters. The molecule has 0 amide bonds. The van der Waals surface area contributed by atoms with E-state index in [9.17, 15) is 5.11 Å². The zero-order valence-corrected chi connectivity index (χ0v) is 15.8. The van der Waals surface area contributed by atoms with Crippen molar-refractivity contribution in [3.63, 3.8) is 0 Å². The molecule has 0 saturated carbocycles. The fourth-order valence-electron chi connectivity index (χ4n) is 3.89. The van der Waals surface area contributed by atoms with Crippen molar-refractivity contribution in [3.8, 4) is 28.8 Å². The van der Waals surface area contributed by atoms with Gasteiger partial charge in [0, 0.05) is 5.56 Å². The van der Waals surface area contributed by atoms with Gasteiger partial charge in [0.05, 0.1) is 29.4 Å². The Balaban J connectivity index is 1.30. The first kappa shape index (κ1) is 17.3. The minimum absolute atomic E-state index is 0.201. The summed E-state index contributed by atoms with van der Waals surface area (Å²) >= 11 is 6.47. The highest BCUT2D eigenvalue weighted by molar-refractivity contribution is 6.33. The Labute approximate surface area is 169 Å². The second-order valence-electron chi connectivity index (χ2n) is 7.12. The molecule has 10 heteroatoms. The van der Waals surface area contributed by atoms with Crippen LogP contribution < -0.4 is 14.2 Å². The number of hydrogen-bond acceptors (Lipinski definition) is 8. The van der Waals surface area contributed by atoms with Crippen LogP contribution in [0.25, 0.3) is 22.4 Å². The van der Waals surface area contributed by atoms with Gasteiger partial charge < -0.3 is 33.8 Å². The highest BCUT2D eigenvalue weighted by Gasteiger charge is 2.48. The zero-order valence-electron chi connectivity index (χ0n) is 15.0. The summed E-state index contributed by atoms with van der Waals surface area (Å²) in [7, 11) is 0. The standard InChI is InChI=1S/C19H16ClN3O6/c20-9-4-10-18(22-15(9)8-1-2-12-13(3-8)28-7-27-12)23-19(21-10)29-14-6-26-16-11(24)5-25-17(14)16/h1-4,11,14,16-17,24H,5-7H2,(H,21,22,23). The lowest BCUT2D eigenvalue weighted by atomic mass is 10.1. The molecule has 0 radical (unpaired) electrons. The second-order valence-corrected chi connectivity index (χ2v) is 7.53. The molecular weight excluding hydrogens is 402 g/mol. The van der Waals surface area contributed by atoms with Crippen LogP contribution in [0.3, 0.4) is 0 Å². The van der Waals surface area contributed by atoms with Gasteiger partial charge in [-0.2, -0.15) is 4.98 Å². The number of aromatic nitrogens is 3. The molecule has 0 aliphatic carbocycles. The van der Waals surface area contributed by atoms with Gasteiger partial charge >= 0.3 is 0 Å². The minimum Gasteiger partial charge on any atom is -0.456 e. The van der Waals surface area contributed by atoms with Crippen LogP contribution in [-0.2, 0) is 9.47 Å². The molecule has 4 unspecified atom stereocenters. The van der Waals surface area contributed by atoms with Crippen LogP contribution in [0, 0.1) is 0 Å². The Morgan fingerprint density at radius 3 is 2.86 bits per heavy atom. The van der Waals surface area contributed by atoms with E-state index in [2.05, 4.69) is 15.0 Å². The van der Waals surface area contributed by atoms with Crippen LogP contribution in [-0.4, -0.2) is 64.5 Å². The molecular formula is C19H16ClN3O6. The van der Waals surface area contributed by atoms with E-state index in [-0.39, 0.29) is 31.7 Å². The number of nitrogens with zero attached hydrogens (tertiary/aromatic N) is 2. The maximum absolute atomic E-state index is 9.85. The van der Waals surface area contributed by atoms with Crippen molar-refractivity contribution in [2.75, 3.05) is 20.0 Å². The van der Waals surface area contributed by atoms with E-state index in [1.807, 2.05) is 18.2 Å². The molecule has 0 spiro atoms. The van der Waals surface area contributed by atoms with Gasteiger partial charge in [0.2, 0.25) is 6.79 Å². The Kier molecular flexibility index (Phi) is 3.85. The third-order valence-electron chi connectivity index (χ3n) is 5.30. The van der Waals surface area contributed by atoms with Gasteiger partial charge in [-0.1, -0.05) is 11.6 Å². The molecule has 29 heavy (non-hydrogen) atoms. The first-order valence-electron chi connectivity index (χ1n) is 9.20. The number of pyridine rings is 1. The molecule has 3 aliphatic rings. The van der Waals surface area contributed by atoms with Crippen LogP contribution in [0.15, 0.2) is 24.3 Å². The van der Waals surface area contributed by atoms with E-state index in [0.717, 1.165) is 5.56 Å². The number of halogens is 1. The van der Waals surface area contributed by atoms with E-state index >= 15 is 0 Å². The van der Waals surface area contributed by atoms with Gasteiger partial charge in [0.1, 0.15) is 18.3 Å². The maximum atomic E-state index is 9.85. The molecule has 2 saturated heterocycles. The molecule has 3 aromatic rings. The highest BCUT2D eigenvalue weighted by Crippen LogP contribution is 2.38. The molecule has 150 valence electrons. The summed E-state index contributed by atoms with van der Waals surface area (Å²) in [5.41, 5.74) is 2.51. The van der Waals surface area contributed by atoms with Crippen molar-refractivity contribution in [2.24, 2.45) is 0 Å². The van der Waals surface area contributed by atoms with Gasteiger partial charge in [0.25, 0.3) is 6.01 Å². The SMILES string of the molecule is OC1COC2C(Oc3nc4nc(-c5ccc6c(c5)OCO6)c(Cl)cc4[nH]3)COC12. The third kappa shape index (κ3) is 2.81. The summed E-state index contributed by atoms with van der Waals surface area (Å²) in [4.78, 5) is 12.1. The number of aromatic amines is 1. The highest BCUT2D eigenvalue weighted by atomic mass is 35.5. The number of ether oxygens (including phenoxy) is 5. The smallest absolute Gasteiger partial charge is 0.296 e. The van der Waals surface area contributed by atoms with Gasteiger partial charge in [-0.25, -0.2) is 4.98 Å². The van der Waals surface area contributed by atoms with Crippen LogP contribution in [0.5, 0.6) is 17.5 Å². The Bertz CT molecular complexity index is 1100. The van der Waals surface area contributed by atoms with E-state index in [1.54, 1.807) is 6.07 Å². The molecule has 1 aromatic carbocycles. The molecule has 2 fully saturated rings. The van der Waals surface area contributed by atoms with Crippen LogP contribution in [0.4, 0.5) is 0 Å². The second kappa shape index (κ2) is 6.46. The van der Waals surface area contributed by atoms with Gasteiger partial charge in [-0.3, -0.25) is 0 Å².